The van der Waals surface area contributed by atoms with Gasteiger partial charge in [0.05, 0.1) is 6.61 Å². The summed E-state index contributed by atoms with van der Waals surface area (Å²) in [7, 11) is 0. The fourth-order valence-electron chi connectivity index (χ4n) is 0.959. The maximum absolute atomic E-state index is 5.23. The van der Waals surface area contributed by atoms with Crippen molar-refractivity contribution in [2.45, 2.75) is 27.3 Å². The van der Waals surface area contributed by atoms with E-state index in [0.29, 0.717) is 17.7 Å². The van der Waals surface area contributed by atoms with E-state index in [9.17, 15) is 0 Å². The molecule has 5 heteroatoms. The van der Waals surface area contributed by atoms with Gasteiger partial charge < -0.3 is 10.1 Å². The molecule has 0 saturated heterocycles. The fourth-order valence-corrected chi connectivity index (χ4v) is 1.68. The molecule has 0 amide bonds. The Kier molecular flexibility index (Phi) is 4.82. The Morgan fingerprint density at radius 2 is 2.21 bits per heavy atom. The van der Waals surface area contributed by atoms with E-state index in [1.54, 1.807) is 0 Å². The van der Waals surface area contributed by atoms with E-state index in [2.05, 4.69) is 29.4 Å². The Labute approximate surface area is 88.7 Å². The summed E-state index contributed by atoms with van der Waals surface area (Å²) in [4.78, 5) is 0. The zero-order valence-corrected chi connectivity index (χ0v) is 9.73. The molecule has 0 unspecified atom stereocenters. The van der Waals surface area contributed by atoms with E-state index in [4.69, 9.17) is 4.74 Å². The molecular formula is C9H17N3OS. The lowest BCUT2D eigenvalue weighted by atomic mass is 10.2. The van der Waals surface area contributed by atoms with E-state index in [-0.39, 0.29) is 0 Å². The third kappa shape index (κ3) is 4.02. The van der Waals surface area contributed by atoms with Crippen molar-refractivity contribution in [1.82, 2.24) is 15.5 Å². The number of rotatable bonds is 6. The summed E-state index contributed by atoms with van der Waals surface area (Å²) in [5, 5.41) is 12.9. The van der Waals surface area contributed by atoms with Crippen molar-refractivity contribution in [2.75, 3.05) is 13.2 Å². The Morgan fingerprint density at radius 3 is 2.86 bits per heavy atom. The number of ether oxygens (including phenoxy) is 1. The van der Waals surface area contributed by atoms with Crippen LogP contribution in [0.3, 0.4) is 0 Å². The van der Waals surface area contributed by atoms with Crippen LogP contribution in [0.5, 0.6) is 5.19 Å². The highest BCUT2D eigenvalue weighted by molar-refractivity contribution is 7.13. The predicted octanol–water partition coefficient (Wildman–Crippen LogP) is 1.68. The van der Waals surface area contributed by atoms with Gasteiger partial charge in [-0.1, -0.05) is 25.2 Å². The summed E-state index contributed by atoms with van der Waals surface area (Å²) in [6.45, 7) is 8.73. The van der Waals surface area contributed by atoms with Crippen LogP contribution >= 0.6 is 11.3 Å². The molecule has 0 saturated carbocycles. The van der Waals surface area contributed by atoms with Gasteiger partial charge in [-0.15, -0.1) is 10.2 Å². The maximum Gasteiger partial charge on any atom is 0.294 e. The summed E-state index contributed by atoms with van der Waals surface area (Å²) in [5.74, 6) is 0.661. The Hall–Kier alpha value is -0.680. The average molecular weight is 215 g/mol. The van der Waals surface area contributed by atoms with Crippen LogP contribution < -0.4 is 10.1 Å². The second-order valence-electron chi connectivity index (χ2n) is 3.42. The summed E-state index contributed by atoms with van der Waals surface area (Å²) in [5.41, 5.74) is 0. The van der Waals surface area contributed by atoms with Crippen LogP contribution in [-0.2, 0) is 6.54 Å². The van der Waals surface area contributed by atoms with E-state index < -0.39 is 0 Å². The summed E-state index contributed by atoms with van der Waals surface area (Å²) < 4.78 is 5.23. The Morgan fingerprint density at radius 1 is 1.43 bits per heavy atom. The van der Waals surface area contributed by atoms with E-state index >= 15 is 0 Å². The van der Waals surface area contributed by atoms with Gasteiger partial charge in [0.15, 0.2) is 0 Å². The smallest absolute Gasteiger partial charge is 0.294 e. The number of hydrogen-bond donors (Lipinski definition) is 1. The molecule has 14 heavy (non-hydrogen) atoms. The molecule has 0 aromatic carbocycles. The number of nitrogens with zero attached hydrogens (tertiary/aromatic N) is 2. The molecule has 0 aliphatic carbocycles. The van der Waals surface area contributed by atoms with Crippen molar-refractivity contribution in [2.24, 2.45) is 5.92 Å². The molecule has 1 rings (SSSR count). The Bertz CT molecular complexity index is 262. The zero-order valence-electron chi connectivity index (χ0n) is 8.91. The van der Waals surface area contributed by atoms with Gasteiger partial charge in [-0.2, -0.15) is 0 Å². The highest BCUT2D eigenvalue weighted by atomic mass is 32.1. The van der Waals surface area contributed by atoms with Gasteiger partial charge in [0, 0.05) is 6.54 Å². The highest BCUT2D eigenvalue weighted by Crippen LogP contribution is 2.17. The number of nitrogens with one attached hydrogen (secondary N) is 1. The molecule has 0 bridgehead atoms. The van der Waals surface area contributed by atoms with Crippen LogP contribution in [0.4, 0.5) is 0 Å². The van der Waals surface area contributed by atoms with E-state index in [1.165, 1.54) is 11.3 Å². The molecule has 0 radical (unpaired) electrons. The third-order valence-corrected chi connectivity index (χ3v) is 2.38. The predicted molar refractivity (Wildman–Crippen MR) is 57.6 cm³/mol. The summed E-state index contributed by atoms with van der Waals surface area (Å²) >= 11 is 1.50. The first kappa shape index (κ1) is 11.4. The lowest BCUT2D eigenvalue weighted by Gasteiger charge is -2.03. The first-order valence-electron chi connectivity index (χ1n) is 4.88. The van der Waals surface area contributed by atoms with Gasteiger partial charge in [-0.05, 0) is 19.4 Å². The normalized spacial score (nSPS) is 10.9. The third-order valence-electron chi connectivity index (χ3n) is 1.54. The van der Waals surface area contributed by atoms with Crippen LogP contribution in [0.25, 0.3) is 0 Å². The SMILES string of the molecule is CCOc1nnc(CNCC(C)C)s1. The molecule has 80 valence electrons. The van der Waals surface area contributed by atoms with Crippen LogP contribution in [0.15, 0.2) is 0 Å². The number of hydrogen-bond acceptors (Lipinski definition) is 5. The molecule has 4 nitrogen and oxygen atoms in total. The van der Waals surface area contributed by atoms with Crippen molar-refractivity contribution in [3.63, 3.8) is 0 Å². The van der Waals surface area contributed by atoms with Crippen LogP contribution in [0, 0.1) is 5.92 Å². The summed E-state index contributed by atoms with van der Waals surface area (Å²) in [6.07, 6.45) is 0. The molecule has 0 aliphatic heterocycles. The molecule has 0 spiro atoms. The highest BCUT2D eigenvalue weighted by Gasteiger charge is 2.03. The van der Waals surface area contributed by atoms with Gasteiger partial charge >= 0.3 is 0 Å². The van der Waals surface area contributed by atoms with Crippen LogP contribution in [0.1, 0.15) is 25.8 Å². The minimum Gasteiger partial charge on any atom is -0.469 e. The zero-order chi connectivity index (χ0) is 10.4. The van der Waals surface area contributed by atoms with Gasteiger partial charge in [0.1, 0.15) is 5.01 Å². The van der Waals surface area contributed by atoms with Crippen LogP contribution in [-0.4, -0.2) is 23.3 Å². The van der Waals surface area contributed by atoms with Crippen molar-refractivity contribution in [3.8, 4) is 5.19 Å². The molecule has 1 aromatic rings. The van der Waals surface area contributed by atoms with Crippen molar-refractivity contribution in [1.29, 1.82) is 0 Å². The maximum atomic E-state index is 5.23. The number of aromatic nitrogens is 2. The van der Waals surface area contributed by atoms with Gasteiger partial charge in [-0.25, -0.2) is 0 Å². The minimum atomic E-state index is 0.647. The van der Waals surface area contributed by atoms with Gasteiger partial charge in [-0.3, -0.25) is 0 Å². The summed E-state index contributed by atoms with van der Waals surface area (Å²) in [6, 6.07) is 0. The monoisotopic (exact) mass is 215 g/mol. The molecule has 0 fully saturated rings. The molecule has 0 atom stereocenters. The first-order valence-corrected chi connectivity index (χ1v) is 5.70. The van der Waals surface area contributed by atoms with Crippen molar-refractivity contribution < 1.29 is 4.74 Å². The molecule has 1 N–H and O–H groups in total. The molecular weight excluding hydrogens is 198 g/mol. The van der Waals surface area contributed by atoms with Crippen molar-refractivity contribution in [3.05, 3.63) is 5.01 Å². The average Bonchev–Trinajstić information content (AvgIpc) is 2.53. The topological polar surface area (TPSA) is 47.0 Å². The minimum absolute atomic E-state index is 0.647. The van der Waals surface area contributed by atoms with Crippen LogP contribution in [0.2, 0.25) is 0 Å². The van der Waals surface area contributed by atoms with E-state index in [0.717, 1.165) is 18.1 Å². The molecule has 0 aliphatic rings. The van der Waals surface area contributed by atoms with Crippen molar-refractivity contribution >= 4 is 11.3 Å². The van der Waals surface area contributed by atoms with Gasteiger partial charge in [0.25, 0.3) is 5.19 Å². The second-order valence-corrected chi connectivity index (χ2v) is 4.44. The lowest BCUT2D eigenvalue weighted by Crippen LogP contribution is -2.18. The van der Waals surface area contributed by atoms with Gasteiger partial charge in [0.2, 0.25) is 0 Å². The lowest BCUT2D eigenvalue weighted by molar-refractivity contribution is 0.335. The van der Waals surface area contributed by atoms with E-state index in [1.807, 2.05) is 6.92 Å². The Balaban J connectivity index is 2.28. The molecule has 1 heterocycles. The largest absolute Gasteiger partial charge is 0.469 e. The fraction of sp³-hybridized carbons (Fsp3) is 0.778. The standard InChI is InChI=1S/C9H17N3OS/c1-4-13-9-12-11-8(14-9)6-10-5-7(2)3/h7,10H,4-6H2,1-3H3. The quantitative estimate of drug-likeness (QED) is 0.784. The molecule has 1 aromatic heterocycles. The first-order chi connectivity index (χ1) is 6.72. The second kappa shape index (κ2) is 5.93.